The van der Waals surface area contributed by atoms with Crippen LogP contribution in [-0.2, 0) is 6.54 Å². The lowest BCUT2D eigenvalue weighted by molar-refractivity contribution is 0.481. The quantitative estimate of drug-likeness (QED) is 0.854. The molecule has 2 aromatic carbocycles. The molecule has 1 N–H and O–H groups in total. The number of nitrogens with one attached hydrogen (secondary N) is 1. The van der Waals surface area contributed by atoms with E-state index in [1.807, 2.05) is 25.2 Å². The number of hydrogen-bond donors (Lipinski definition) is 1. The molecule has 0 saturated heterocycles. The van der Waals surface area contributed by atoms with Gasteiger partial charge in [-0.05, 0) is 60.8 Å². The summed E-state index contributed by atoms with van der Waals surface area (Å²) < 4.78 is 5.96. The minimum Gasteiger partial charge on any atom is -0.457 e. The Balaban J connectivity index is 2.17. The number of benzene rings is 2. The maximum Gasteiger partial charge on any atom is 0.127 e. The minimum atomic E-state index is 0.512. The van der Waals surface area contributed by atoms with Gasteiger partial charge in [0.2, 0.25) is 0 Å². The Morgan fingerprint density at radius 1 is 1.05 bits per heavy atom. The average Bonchev–Trinajstić information content (AvgIpc) is 2.42. The summed E-state index contributed by atoms with van der Waals surface area (Å²) in [4.78, 5) is 0. The molecule has 20 heavy (non-hydrogen) atoms. The Morgan fingerprint density at radius 2 is 1.80 bits per heavy atom. The fraction of sp³-hybridized carbons (Fsp3) is 0.333. The third-order valence-electron chi connectivity index (χ3n) is 3.44. The van der Waals surface area contributed by atoms with Crippen LogP contribution in [0.3, 0.4) is 0 Å². The standard InChI is InChI=1S/C18H23NO/c1-13(2)15-6-5-7-17(11-15)20-18-9-8-16(12-19-4)14(3)10-18/h5-11,13,19H,12H2,1-4H3. The van der Waals surface area contributed by atoms with Gasteiger partial charge in [0.1, 0.15) is 11.5 Å². The van der Waals surface area contributed by atoms with Crippen molar-refractivity contribution in [1.82, 2.24) is 5.32 Å². The predicted octanol–water partition coefficient (Wildman–Crippen LogP) is 4.63. The van der Waals surface area contributed by atoms with Crippen LogP contribution >= 0.6 is 0 Å². The van der Waals surface area contributed by atoms with Crippen LogP contribution in [0, 0.1) is 6.92 Å². The maximum atomic E-state index is 5.96. The molecule has 0 bridgehead atoms. The number of rotatable bonds is 5. The van der Waals surface area contributed by atoms with Crippen molar-refractivity contribution in [3.8, 4) is 11.5 Å². The fourth-order valence-corrected chi connectivity index (χ4v) is 2.19. The van der Waals surface area contributed by atoms with Gasteiger partial charge in [0.05, 0.1) is 0 Å². The lowest BCUT2D eigenvalue weighted by atomic mass is 10.0. The summed E-state index contributed by atoms with van der Waals surface area (Å²) in [5.41, 5.74) is 3.85. The highest BCUT2D eigenvalue weighted by molar-refractivity contribution is 5.39. The van der Waals surface area contributed by atoms with Crippen molar-refractivity contribution in [3.05, 3.63) is 59.2 Å². The Morgan fingerprint density at radius 3 is 2.45 bits per heavy atom. The highest BCUT2D eigenvalue weighted by atomic mass is 16.5. The molecular weight excluding hydrogens is 246 g/mol. The van der Waals surface area contributed by atoms with Crippen molar-refractivity contribution in [2.24, 2.45) is 0 Å². The van der Waals surface area contributed by atoms with Crippen LogP contribution in [0.2, 0.25) is 0 Å². The lowest BCUT2D eigenvalue weighted by Crippen LogP contribution is -2.06. The van der Waals surface area contributed by atoms with Gasteiger partial charge < -0.3 is 10.1 Å². The van der Waals surface area contributed by atoms with Gasteiger partial charge in [-0.15, -0.1) is 0 Å². The van der Waals surface area contributed by atoms with Crippen LogP contribution in [0.4, 0.5) is 0 Å². The topological polar surface area (TPSA) is 21.3 Å². The molecule has 0 aliphatic heterocycles. The van der Waals surface area contributed by atoms with Gasteiger partial charge in [-0.2, -0.15) is 0 Å². The van der Waals surface area contributed by atoms with Crippen molar-refractivity contribution in [2.75, 3.05) is 7.05 Å². The van der Waals surface area contributed by atoms with E-state index in [0.717, 1.165) is 18.0 Å². The van der Waals surface area contributed by atoms with Crippen molar-refractivity contribution < 1.29 is 4.74 Å². The summed E-state index contributed by atoms with van der Waals surface area (Å²) in [5, 5.41) is 3.17. The number of hydrogen-bond acceptors (Lipinski definition) is 2. The van der Waals surface area contributed by atoms with Crippen molar-refractivity contribution in [3.63, 3.8) is 0 Å². The molecule has 0 saturated carbocycles. The monoisotopic (exact) mass is 269 g/mol. The van der Waals surface area contributed by atoms with Crippen LogP contribution in [0.5, 0.6) is 11.5 Å². The van der Waals surface area contributed by atoms with Gasteiger partial charge in [0.15, 0.2) is 0 Å². The van der Waals surface area contributed by atoms with Gasteiger partial charge >= 0.3 is 0 Å². The van der Waals surface area contributed by atoms with Crippen LogP contribution in [0.15, 0.2) is 42.5 Å². The van der Waals surface area contributed by atoms with Gasteiger partial charge in [-0.1, -0.05) is 32.0 Å². The normalized spacial score (nSPS) is 10.8. The van der Waals surface area contributed by atoms with E-state index in [-0.39, 0.29) is 0 Å². The molecular formula is C18H23NO. The van der Waals surface area contributed by atoms with Crippen molar-refractivity contribution in [2.45, 2.75) is 33.2 Å². The molecule has 0 aliphatic rings. The molecule has 0 atom stereocenters. The predicted molar refractivity (Wildman–Crippen MR) is 84.5 cm³/mol. The van der Waals surface area contributed by atoms with E-state index < -0.39 is 0 Å². The zero-order valence-electron chi connectivity index (χ0n) is 12.7. The van der Waals surface area contributed by atoms with E-state index >= 15 is 0 Å². The molecule has 0 radical (unpaired) electrons. The second kappa shape index (κ2) is 6.58. The molecule has 2 nitrogen and oxygen atoms in total. The number of aryl methyl sites for hydroxylation is 1. The van der Waals surface area contributed by atoms with Gasteiger partial charge in [-0.3, -0.25) is 0 Å². The van der Waals surface area contributed by atoms with Crippen molar-refractivity contribution in [1.29, 1.82) is 0 Å². The molecule has 0 amide bonds. The van der Waals surface area contributed by atoms with Crippen LogP contribution in [0.1, 0.15) is 36.5 Å². The van der Waals surface area contributed by atoms with Gasteiger partial charge in [0.25, 0.3) is 0 Å². The Hall–Kier alpha value is -1.80. The Kier molecular flexibility index (Phi) is 4.80. The first-order valence-electron chi connectivity index (χ1n) is 7.12. The molecule has 2 aromatic rings. The highest BCUT2D eigenvalue weighted by Gasteiger charge is 2.04. The highest BCUT2D eigenvalue weighted by Crippen LogP contribution is 2.26. The van der Waals surface area contributed by atoms with Crippen LogP contribution in [0.25, 0.3) is 0 Å². The first-order chi connectivity index (χ1) is 9.60. The molecule has 0 spiro atoms. The zero-order valence-corrected chi connectivity index (χ0v) is 12.7. The first kappa shape index (κ1) is 14.6. The summed E-state index contributed by atoms with van der Waals surface area (Å²) in [6, 6.07) is 14.5. The summed E-state index contributed by atoms with van der Waals surface area (Å²) in [6.45, 7) is 7.38. The summed E-state index contributed by atoms with van der Waals surface area (Å²) in [6.07, 6.45) is 0. The lowest BCUT2D eigenvalue weighted by Gasteiger charge is -2.11. The van der Waals surface area contributed by atoms with E-state index in [1.54, 1.807) is 0 Å². The van der Waals surface area contributed by atoms with Gasteiger partial charge in [0, 0.05) is 6.54 Å². The third-order valence-corrected chi connectivity index (χ3v) is 3.44. The Labute approximate surface area is 121 Å². The van der Waals surface area contributed by atoms with E-state index in [1.165, 1.54) is 16.7 Å². The van der Waals surface area contributed by atoms with Crippen molar-refractivity contribution >= 4 is 0 Å². The maximum absolute atomic E-state index is 5.96. The molecule has 0 aliphatic carbocycles. The smallest absolute Gasteiger partial charge is 0.127 e. The van der Waals surface area contributed by atoms with Gasteiger partial charge in [-0.25, -0.2) is 0 Å². The molecule has 106 valence electrons. The van der Waals surface area contributed by atoms with Crippen LogP contribution in [-0.4, -0.2) is 7.05 Å². The van der Waals surface area contributed by atoms with E-state index in [2.05, 4.69) is 50.4 Å². The van der Waals surface area contributed by atoms with E-state index in [9.17, 15) is 0 Å². The molecule has 0 heterocycles. The molecule has 0 unspecified atom stereocenters. The summed E-state index contributed by atoms with van der Waals surface area (Å²) >= 11 is 0. The third kappa shape index (κ3) is 3.61. The zero-order chi connectivity index (χ0) is 14.5. The second-order valence-electron chi connectivity index (χ2n) is 5.45. The molecule has 2 rings (SSSR count). The summed E-state index contributed by atoms with van der Waals surface area (Å²) in [5.74, 6) is 2.30. The summed E-state index contributed by atoms with van der Waals surface area (Å²) in [7, 11) is 1.96. The van der Waals surface area contributed by atoms with E-state index in [4.69, 9.17) is 4.74 Å². The molecule has 2 heteroatoms. The molecule has 0 fully saturated rings. The largest absolute Gasteiger partial charge is 0.457 e. The fourth-order valence-electron chi connectivity index (χ4n) is 2.19. The molecule has 0 aromatic heterocycles. The second-order valence-corrected chi connectivity index (χ2v) is 5.45. The minimum absolute atomic E-state index is 0.512. The van der Waals surface area contributed by atoms with Crippen LogP contribution < -0.4 is 10.1 Å². The Bertz CT molecular complexity index is 575. The SMILES string of the molecule is CNCc1ccc(Oc2cccc(C(C)C)c2)cc1C. The average molecular weight is 269 g/mol. The number of ether oxygens (including phenoxy) is 1. The van der Waals surface area contributed by atoms with E-state index in [0.29, 0.717) is 5.92 Å². The first-order valence-corrected chi connectivity index (χ1v) is 7.12.